The lowest BCUT2D eigenvalue weighted by Crippen LogP contribution is -2.06. The monoisotopic (exact) mass is 300 g/mol. The fourth-order valence-corrected chi connectivity index (χ4v) is 2.34. The van der Waals surface area contributed by atoms with E-state index in [9.17, 15) is 0 Å². The SMILES string of the molecule is COc1cc(C)ccc1OCCCOc1cc(C)cc(C)c1. The molecule has 0 heterocycles. The van der Waals surface area contributed by atoms with Gasteiger partial charge in [-0.1, -0.05) is 12.1 Å². The second-order valence-corrected chi connectivity index (χ2v) is 5.53. The molecule has 2 aromatic carbocycles. The van der Waals surface area contributed by atoms with Gasteiger partial charge in [0.1, 0.15) is 5.75 Å². The van der Waals surface area contributed by atoms with Crippen LogP contribution in [0.5, 0.6) is 17.2 Å². The van der Waals surface area contributed by atoms with Crippen molar-refractivity contribution in [2.75, 3.05) is 20.3 Å². The minimum Gasteiger partial charge on any atom is -0.493 e. The number of ether oxygens (including phenoxy) is 3. The van der Waals surface area contributed by atoms with E-state index in [0.717, 1.165) is 29.2 Å². The molecule has 3 heteroatoms. The smallest absolute Gasteiger partial charge is 0.161 e. The first-order chi connectivity index (χ1) is 10.6. The molecular weight excluding hydrogens is 276 g/mol. The number of rotatable bonds is 7. The van der Waals surface area contributed by atoms with Gasteiger partial charge in [0.25, 0.3) is 0 Å². The summed E-state index contributed by atoms with van der Waals surface area (Å²) in [7, 11) is 1.66. The molecule has 2 aromatic rings. The molecule has 0 saturated carbocycles. The van der Waals surface area contributed by atoms with Crippen LogP contribution in [0.15, 0.2) is 36.4 Å². The van der Waals surface area contributed by atoms with Gasteiger partial charge in [0, 0.05) is 6.42 Å². The van der Waals surface area contributed by atoms with E-state index in [4.69, 9.17) is 14.2 Å². The Labute approximate surface area is 132 Å². The number of hydrogen-bond donors (Lipinski definition) is 0. The highest BCUT2D eigenvalue weighted by Crippen LogP contribution is 2.27. The van der Waals surface area contributed by atoms with Gasteiger partial charge in [-0.15, -0.1) is 0 Å². The fraction of sp³-hybridized carbons (Fsp3) is 0.368. The highest BCUT2D eigenvalue weighted by Gasteiger charge is 2.04. The zero-order valence-electron chi connectivity index (χ0n) is 13.8. The summed E-state index contributed by atoms with van der Waals surface area (Å²) in [5.41, 5.74) is 3.59. The molecule has 3 nitrogen and oxygen atoms in total. The van der Waals surface area contributed by atoms with E-state index < -0.39 is 0 Å². The molecule has 0 bridgehead atoms. The Bertz CT molecular complexity index is 600. The van der Waals surface area contributed by atoms with Crippen molar-refractivity contribution in [1.29, 1.82) is 0 Å². The first-order valence-corrected chi connectivity index (χ1v) is 7.57. The van der Waals surface area contributed by atoms with Crippen LogP contribution < -0.4 is 14.2 Å². The molecule has 0 aliphatic rings. The summed E-state index contributed by atoms with van der Waals surface area (Å²) in [6, 6.07) is 12.2. The average molecular weight is 300 g/mol. The van der Waals surface area contributed by atoms with Gasteiger partial charge in [-0.2, -0.15) is 0 Å². The molecule has 0 aliphatic heterocycles. The fourth-order valence-electron chi connectivity index (χ4n) is 2.34. The minimum atomic E-state index is 0.601. The van der Waals surface area contributed by atoms with Crippen molar-refractivity contribution in [3.8, 4) is 17.2 Å². The molecule has 0 aliphatic carbocycles. The quantitative estimate of drug-likeness (QED) is 0.706. The third-order valence-corrected chi connectivity index (χ3v) is 3.33. The van der Waals surface area contributed by atoms with Crippen molar-refractivity contribution in [3.63, 3.8) is 0 Å². The summed E-state index contributed by atoms with van der Waals surface area (Å²) in [6.45, 7) is 7.42. The first-order valence-electron chi connectivity index (χ1n) is 7.57. The lowest BCUT2D eigenvalue weighted by Gasteiger charge is -2.12. The second kappa shape index (κ2) is 7.74. The summed E-state index contributed by atoms with van der Waals surface area (Å²) < 4.78 is 16.9. The molecule has 118 valence electrons. The van der Waals surface area contributed by atoms with E-state index in [0.29, 0.717) is 13.2 Å². The van der Waals surface area contributed by atoms with Crippen LogP contribution >= 0.6 is 0 Å². The van der Waals surface area contributed by atoms with Crippen molar-refractivity contribution < 1.29 is 14.2 Å². The Kier molecular flexibility index (Phi) is 5.70. The van der Waals surface area contributed by atoms with Crippen LogP contribution in [-0.4, -0.2) is 20.3 Å². The summed E-state index contributed by atoms with van der Waals surface area (Å²) in [6.07, 6.45) is 0.823. The third kappa shape index (κ3) is 4.69. The average Bonchev–Trinajstić information content (AvgIpc) is 2.47. The van der Waals surface area contributed by atoms with Gasteiger partial charge in [-0.3, -0.25) is 0 Å². The van der Waals surface area contributed by atoms with Crippen molar-refractivity contribution in [2.45, 2.75) is 27.2 Å². The maximum atomic E-state index is 5.77. The molecule has 0 radical (unpaired) electrons. The molecular formula is C19H24O3. The van der Waals surface area contributed by atoms with Crippen molar-refractivity contribution in [1.82, 2.24) is 0 Å². The van der Waals surface area contributed by atoms with Crippen LogP contribution in [0.25, 0.3) is 0 Å². The van der Waals surface area contributed by atoms with Crippen molar-refractivity contribution in [2.24, 2.45) is 0 Å². The zero-order valence-corrected chi connectivity index (χ0v) is 13.8. The largest absolute Gasteiger partial charge is 0.493 e. The van der Waals surface area contributed by atoms with Gasteiger partial charge < -0.3 is 14.2 Å². The molecule has 0 atom stereocenters. The topological polar surface area (TPSA) is 27.7 Å². The molecule has 0 unspecified atom stereocenters. The van der Waals surface area contributed by atoms with Crippen molar-refractivity contribution >= 4 is 0 Å². The molecule has 0 saturated heterocycles. The van der Waals surface area contributed by atoms with Crippen LogP contribution in [0.2, 0.25) is 0 Å². The number of aryl methyl sites for hydroxylation is 3. The lowest BCUT2D eigenvalue weighted by atomic mass is 10.1. The minimum absolute atomic E-state index is 0.601. The maximum absolute atomic E-state index is 5.77. The third-order valence-electron chi connectivity index (χ3n) is 3.33. The van der Waals surface area contributed by atoms with E-state index in [1.807, 2.05) is 25.1 Å². The number of hydrogen-bond acceptors (Lipinski definition) is 3. The Morgan fingerprint density at radius 2 is 1.41 bits per heavy atom. The van der Waals surface area contributed by atoms with Gasteiger partial charge in [-0.25, -0.2) is 0 Å². The standard InChI is InChI=1S/C19H24O3/c1-14-6-7-18(19(13-14)20-4)22-9-5-8-21-17-11-15(2)10-16(3)12-17/h6-7,10-13H,5,8-9H2,1-4H3. The second-order valence-electron chi connectivity index (χ2n) is 5.53. The van der Waals surface area contributed by atoms with Crippen LogP contribution in [-0.2, 0) is 0 Å². The van der Waals surface area contributed by atoms with Crippen LogP contribution in [0, 0.1) is 20.8 Å². The molecule has 0 amide bonds. The summed E-state index contributed by atoms with van der Waals surface area (Å²) in [5.74, 6) is 2.47. The molecule has 22 heavy (non-hydrogen) atoms. The number of benzene rings is 2. The summed E-state index contributed by atoms with van der Waals surface area (Å²) >= 11 is 0. The first kappa shape index (κ1) is 16.2. The van der Waals surface area contributed by atoms with Crippen LogP contribution in [0.3, 0.4) is 0 Å². The van der Waals surface area contributed by atoms with E-state index in [1.165, 1.54) is 11.1 Å². The van der Waals surface area contributed by atoms with Crippen LogP contribution in [0.4, 0.5) is 0 Å². The van der Waals surface area contributed by atoms with E-state index in [1.54, 1.807) is 7.11 Å². The molecule has 0 N–H and O–H groups in total. The van der Waals surface area contributed by atoms with Gasteiger partial charge in [-0.05, 0) is 61.7 Å². The highest BCUT2D eigenvalue weighted by atomic mass is 16.5. The Hall–Kier alpha value is -2.16. The molecule has 0 fully saturated rings. The van der Waals surface area contributed by atoms with Crippen molar-refractivity contribution in [3.05, 3.63) is 53.1 Å². The van der Waals surface area contributed by atoms with E-state index in [-0.39, 0.29) is 0 Å². The van der Waals surface area contributed by atoms with Crippen LogP contribution in [0.1, 0.15) is 23.1 Å². The van der Waals surface area contributed by atoms with Gasteiger partial charge >= 0.3 is 0 Å². The zero-order chi connectivity index (χ0) is 15.9. The Balaban J connectivity index is 1.78. The van der Waals surface area contributed by atoms with E-state index in [2.05, 4.69) is 32.0 Å². The number of methoxy groups -OCH3 is 1. The maximum Gasteiger partial charge on any atom is 0.161 e. The predicted molar refractivity (Wildman–Crippen MR) is 89.3 cm³/mol. The summed E-state index contributed by atoms with van der Waals surface area (Å²) in [4.78, 5) is 0. The molecule has 0 spiro atoms. The van der Waals surface area contributed by atoms with Gasteiger partial charge in [0.15, 0.2) is 11.5 Å². The van der Waals surface area contributed by atoms with Gasteiger partial charge in [0.05, 0.1) is 20.3 Å². The highest BCUT2D eigenvalue weighted by molar-refractivity contribution is 5.42. The molecule has 2 rings (SSSR count). The lowest BCUT2D eigenvalue weighted by molar-refractivity contribution is 0.240. The Morgan fingerprint density at radius 1 is 0.727 bits per heavy atom. The molecule has 0 aromatic heterocycles. The summed E-state index contributed by atoms with van der Waals surface area (Å²) in [5, 5.41) is 0. The normalized spacial score (nSPS) is 10.4. The van der Waals surface area contributed by atoms with Gasteiger partial charge in [0.2, 0.25) is 0 Å². The predicted octanol–water partition coefficient (Wildman–Crippen LogP) is 4.47. The van der Waals surface area contributed by atoms with E-state index >= 15 is 0 Å². The Morgan fingerprint density at radius 3 is 2.09 bits per heavy atom.